The number of hydrogen-bond acceptors (Lipinski definition) is 3. The third kappa shape index (κ3) is 5.04. The first-order valence-corrected chi connectivity index (χ1v) is 6.66. The zero-order valence-electron chi connectivity index (χ0n) is 11.4. The van der Waals surface area contributed by atoms with E-state index in [0.717, 1.165) is 25.9 Å². The van der Waals surface area contributed by atoms with E-state index in [9.17, 15) is 4.79 Å². The molecule has 1 heterocycles. The number of carbonyl (C=O) groups excluding carboxylic acids is 1. The Morgan fingerprint density at radius 2 is 2.29 bits per heavy atom. The molecule has 0 unspecified atom stereocenters. The van der Waals surface area contributed by atoms with Crippen molar-refractivity contribution in [2.75, 3.05) is 33.4 Å². The number of rotatable bonds is 7. The zero-order valence-corrected chi connectivity index (χ0v) is 11.4. The molecule has 100 valence electrons. The minimum atomic E-state index is 0.0885. The normalized spacial score (nSPS) is 21.1. The molecule has 17 heavy (non-hydrogen) atoms. The monoisotopic (exact) mass is 242 g/mol. The van der Waals surface area contributed by atoms with Crippen LogP contribution < -0.4 is 5.32 Å². The van der Waals surface area contributed by atoms with E-state index in [1.54, 1.807) is 7.11 Å². The van der Waals surface area contributed by atoms with E-state index in [4.69, 9.17) is 4.74 Å². The fraction of sp³-hybridized carbons (Fsp3) is 0.923. The van der Waals surface area contributed by atoms with Crippen molar-refractivity contribution in [3.63, 3.8) is 0 Å². The van der Waals surface area contributed by atoms with Crippen molar-refractivity contribution >= 4 is 5.91 Å². The number of ether oxygens (including phenoxy) is 1. The number of hydrogen-bond donors (Lipinski definition) is 1. The van der Waals surface area contributed by atoms with E-state index < -0.39 is 0 Å². The maximum Gasteiger partial charge on any atom is 0.237 e. The number of nitrogens with zero attached hydrogens (tertiary/aromatic N) is 1. The summed E-state index contributed by atoms with van der Waals surface area (Å²) in [5, 5.41) is 2.94. The van der Waals surface area contributed by atoms with Crippen LogP contribution in [0.5, 0.6) is 0 Å². The van der Waals surface area contributed by atoms with Gasteiger partial charge in [-0.25, -0.2) is 0 Å². The van der Waals surface area contributed by atoms with E-state index in [0.29, 0.717) is 19.1 Å². The van der Waals surface area contributed by atoms with Crippen molar-refractivity contribution < 1.29 is 9.53 Å². The van der Waals surface area contributed by atoms with Crippen molar-refractivity contribution in [3.05, 3.63) is 0 Å². The molecule has 1 aliphatic rings. The van der Waals surface area contributed by atoms with Gasteiger partial charge in [-0.05, 0) is 38.3 Å². The minimum absolute atomic E-state index is 0.0885. The smallest absolute Gasteiger partial charge is 0.237 e. The Balaban J connectivity index is 2.31. The highest BCUT2D eigenvalue weighted by Crippen LogP contribution is 2.18. The Bertz CT molecular complexity index is 231. The van der Waals surface area contributed by atoms with Crippen LogP contribution in [0.25, 0.3) is 0 Å². The first-order chi connectivity index (χ1) is 8.15. The Labute approximate surface area is 105 Å². The van der Waals surface area contributed by atoms with Gasteiger partial charge in [0.05, 0.1) is 12.6 Å². The van der Waals surface area contributed by atoms with Crippen LogP contribution in [0.1, 0.15) is 33.1 Å². The summed E-state index contributed by atoms with van der Waals surface area (Å²) >= 11 is 0. The van der Waals surface area contributed by atoms with Gasteiger partial charge in [0.2, 0.25) is 5.91 Å². The Morgan fingerprint density at radius 1 is 1.53 bits per heavy atom. The van der Waals surface area contributed by atoms with Gasteiger partial charge in [0.25, 0.3) is 0 Å². The third-order valence-corrected chi connectivity index (χ3v) is 3.27. The molecule has 0 aromatic heterocycles. The van der Waals surface area contributed by atoms with Gasteiger partial charge in [-0.1, -0.05) is 13.8 Å². The Morgan fingerprint density at radius 3 is 2.94 bits per heavy atom. The minimum Gasteiger partial charge on any atom is -0.383 e. The predicted octanol–water partition coefficient (Wildman–Crippen LogP) is 1.26. The van der Waals surface area contributed by atoms with E-state index in [1.165, 1.54) is 6.42 Å². The molecule has 4 heteroatoms. The maximum atomic E-state index is 12.0. The number of nitrogens with one attached hydrogen (secondary N) is 1. The maximum absolute atomic E-state index is 12.0. The fourth-order valence-electron chi connectivity index (χ4n) is 2.21. The number of amides is 1. The average Bonchev–Trinajstić information content (AvgIpc) is 2.74. The van der Waals surface area contributed by atoms with Gasteiger partial charge in [-0.2, -0.15) is 0 Å². The lowest BCUT2D eigenvalue weighted by Crippen LogP contribution is -2.44. The van der Waals surface area contributed by atoms with E-state index in [2.05, 4.69) is 24.1 Å². The topological polar surface area (TPSA) is 41.6 Å². The van der Waals surface area contributed by atoms with E-state index >= 15 is 0 Å². The third-order valence-electron chi connectivity index (χ3n) is 3.27. The fourth-order valence-corrected chi connectivity index (χ4v) is 2.21. The van der Waals surface area contributed by atoms with Crippen molar-refractivity contribution in [2.45, 2.75) is 39.2 Å². The molecule has 1 aliphatic heterocycles. The molecule has 0 saturated carbocycles. The SMILES string of the molecule is COCCNC(=O)[C@@H]1CCCN1CCC(C)C. The summed E-state index contributed by atoms with van der Waals surface area (Å²) in [6.45, 7) is 7.76. The molecule has 0 aliphatic carbocycles. The highest BCUT2D eigenvalue weighted by molar-refractivity contribution is 5.82. The zero-order chi connectivity index (χ0) is 12.7. The molecular formula is C13H26N2O2. The molecule has 0 bridgehead atoms. The van der Waals surface area contributed by atoms with Gasteiger partial charge in [0.15, 0.2) is 0 Å². The molecule has 1 atom stereocenters. The summed E-state index contributed by atoms with van der Waals surface area (Å²) in [4.78, 5) is 14.3. The second-order valence-electron chi connectivity index (χ2n) is 5.16. The average molecular weight is 242 g/mol. The van der Waals surface area contributed by atoms with Crippen LogP contribution in [0.2, 0.25) is 0 Å². The lowest BCUT2D eigenvalue weighted by atomic mass is 10.1. The predicted molar refractivity (Wildman–Crippen MR) is 68.9 cm³/mol. The first-order valence-electron chi connectivity index (χ1n) is 6.66. The van der Waals surface area contributed by atoms with Crippen LogP contribution in [0.3, 0.4) is 0 Å². The number of likely N-dealkylation sites (tertiary alicyclic amines) is 1. The van der Waals surface area contributed by atoms with Crippen LogP contribution in [-0.4, -0.2) is 50.2 Å². The van der Waals surface area contributed by atoms with Gasteiger partial charge in [0.1, 0.15) is 0 Å². The Hall–Kier alpha value is -0.610. The molecule has 1 saturated heterocycles. The number of methoxy groups -OCH3 is 1. The molecule has 0 radical (unpaired) electrons. The standard InChI is InChI=1S/C13H26N2O2/c1-11(2)6-9-15-8-4-5-12(15)13(16)14-7-10-17-3/h11-12H,4-10H2,1-3H3,(H,14,16)/t12-/m0/s1. The molecule has 1 rings (SSSR count). The lowest BCUT2D eigenvalue weighted by Gasteiger charge is -2.24. The quantitative estimate of drug-likeness (QED) is 0.683. The van der Waals surface area contributed by atoms with Crippen LogP contribution in [-0.2, 0) is 9.53 Å². The van der Waals surface area contributed by atoms with Crippen molar-refractivity contribution in [1.29, 1.82) is 0 Å². The summed E-state index contributed by atoms with van der Waals surface area (Å²) in [6.07, 6.45) is 3.30. The van der Waals surface area contributed by atoms with Gasteiger partial charge in [0, 0.05) is 13.7 Å². The summed E-state index contributed by atoms with van der Waals surface area (Å²) in [5.41, 5.74) is 0. The largest absolute Gasteiger partial charge is 0.383 e. The molecule has 1 N–H and O–H groups in total. The second-order valence-corrected chi connectivity index (χ2v) is 5.16. The van der Waals surface area contributed by atoms with E-state index in [-0.39, 0.29) is 11.9 Å². The molecule has 1 amide bonds. The highest BCUT2D eigenvalue weighted by atomic mass is 16.5. The van der Waals surface area contributed by atoms with Crippen LogP contribution in [0, 0.1) is 5.92 Å². The number of carbonyl (C=O) groups is 1. The first kappa shape index (κ1) is 14.5. The van der Waals surface area contributed by atoms with Crippen molar-refractivity contribution in [2.24, 2.45) is 5.92 Å². The van der Waals surface area contributed by atoms with Crippen LogP contribution >= 0.6 is 0 Å². The molecule has 0 aromatic carbocycles. The van der Waals surface area contributed by atoms with E-state index in [1.807, 2.05) is 0 Å². The van der Waals surface area contributed by atoms with Crippen molar-refractivity contribution in [3.8, 4) is 0 Å². The van der Waals surface area contributed by atoms with Gasteiger partial charge in [-0.15, -0.1) is 0 Å². The lowest BCUT2D eigenvalue weighted by molar-refractivity contribution is -0.125. The summed E-state index contributed by atoms with van der Waals surface area (Å²) in [6, 6.07) is 0.0885. The van der Waals surface area contributed by atoms with Crippen molar-refractivity contribution in [1.82, 2.24) is 10.2 Å². The highest BCUT2D eigenvalue weighted by Gasteiger charge is 2.29. The molecule has 4 nitrogen and oxygen atoms in total. The molecule has 0 spiro atoms. The van der Waals surface area contributed by atoms with Gasteiger partial charge in [-0.3, -0.25) is 9.69 Å². The molecule has 0 aromatic rings. The molecular weight excluding hydrogens is 216 g/mol. The van der Waals surface area contributed by atoms with Gasteiger partial charge >= 0.3 is 0 Å². The van der Waals surface area contributed by atoms with Crippen LogP contribution in [0.15, 0.2) is 0 Å². The summed E-state index contributed by atoms with van der Waals surface area (Å²) in [7, 11) is 1.65. The van der Waals surface area contributed by atoms with Crippen LogP contribution in [0.4, 0.5) is 0 Å². The Kier molecular flexibility index (Phi) is 6.52. The van der Waals surface area contributed by atoms with Gasteiger partial charge < -0.3 is 10.1 Å². The summed E-state index contributed by atoms with van der Waals surface area (Å²) in [5.74, 6) is 0.871. The summed E-state index contributed by atoms with van der Waals surface area (Å²) < 4.78 is 4.93. The molecule has 1 fully saturated rings. The second kappa shape index (κ2) is 7.67.